The van der Waals surface area contributed by atoms with Gasteiger partial charge in [0.1, 0.15) is 34.5 Å². The zero-order chi connectivity index (χ0) is 47.5. The minimum Gasteiger partial charge on any atom is -0.481 e. The summed E-state index contributed by atoms with van der Waals surface area (Å²) in [5.41, 5.74) is 9.77. The van der Waals surface area contributed by atoms with E-state index in [1.165, 1.54) is 4.90 Å². The second kappa shape index (κ2) is 17.7. The Morgan fingerprint density at radius 3 is 2.31 bits per heavy atom. The summed E-state index contributed by atoms with van der Waals surface area (Å²) in [6.45, 7) is 13.5. The number of aliphatic carboxylic acids is 1. The average molecular weight is 940 g/mol. The number of rotatable bonds is 11. The van der Waals surface area contributed by atoms with Crippen molar-refractivity contribution >= 4 is 63.2 Å². The molecular weight excluding hydrogens is 891 g/mol. The van der Waals surface area contributed by atoms with Crippen molar-refractivity contribution in [2.45, 2.75) is 92.1 Å². The monoisotopic (exact) mass is 939 g/mol. The van der Waals surface area contributed by atoms with Crippen molar-refractivity contribution in [2.75, 3.05) is 6.54 Å². The minimum atomic E-state index is -1.09. The van der Waals surface area contributed by atoms with Gasteiger partial charge in [-0.25, -0.2) is 9.97 Å². The highest BCUT2D eigenvalue weighted by atomic mass is 32.1. The van der Waals surface area contributed by atoms with Crippen LogP contribution in [0.25, 0.3) is 37.7 Å². The number of hydrogen-bond acceptors (Lipinski definition) is 13. The molecule has 7 aromatic rings. The lowest BCUT2D eigenvalue weighted by Crippen LogP contribution is -2.57. The highest BCUT2D eigenvalue weighted by Gasteiger charge is 2.45. The third kappa shape index (κ3) is 8.79. The molecule has 4 aromatic heterocycles. The SMILES string of the molecule is Cc1ncsc1-c1ccc(CNC(=O)[C@@H]2C[C@@H](O)CN2C(=O)[C@@H](NC(=O)c2nc3cc(-c4ccc(C5=N[C@@H](CC(=O)O)c6nnc(C)n6-c6sc(C)c(C)c65)cc4)ccc3o2)C(C)(C)C)cc1. The van der Waals surface area contributed by atoms with Gasteiger partial charge < -0.3 is 30.2 Å². The Hall–Kier alpha value is -6.89. The molecule has 1 saturated heterocycles. The number of fused-ring (bicyclic) bond motifs is 4. The van der Waals surface area contributed by atoms with Gasteiger partial charge in [0.25, 0.3) is 5.89 Å². The van der Waals surface area contributed by atoms with Gasteiger partial charge in [-0.15, -0.1) is 32.9 Å². The van der Waals surface area contributed by atoms with E-state index in [1.54, 1.807) is 34.3 Å². The first-order valence-electron chi connectivity index (χ1n) is 21.8. The smallest absolute Gasteiger partial charge is 0.307 e. The van der Waals surface area contributed by atoms with Crippen LogP contribution in [0.5, 0.6) is 0 Å². The van der Waals surface area contributed by atoms with E-state index < -0.39 is 53.3 Å². The molecule has 344 valence electrons. The Morgan fingerprint density at radius 2 is 1.63 bits per heavy atom. The van der Waals surface area contributed by atoms with Crippen molar-refractivity contribution < 1.29 is 33.8 Å². The molecule has 0 spiro atoms. The Balaban J connectivity index is 0.906. The highest BCUT2D eigenvalue weighted by molar-refractivity contribution is 7.15. The number of thiazole rings is 1. The number of aromatic nitrogens is 5. The number of aliphatic imine (C=N–C) groups is 1. The summed E-state index contributed by atoms with van der Waals surface area (Å²) in [4.78, 5) is 71.2. The largest absolute Gasteiger partial charge is 0.481 e. The summed E-state index contributed by atoms with van der Waals surface area (Å²) in [6.07, 6.45) is -1.10. The van der Waals surface area contributed by atoms with Gasteiger partial charge >= 0.3 is 11.9 Å². The zero-order valence-corrected chi connectivity index (χ0v) is 39.6. The second-order valence-corrected chi connectivity index (χ2v) is 20.2. The molecule has 2 aliphatic heterocycles. The number of benzene rings is 3. The number of thiophene rings is 1. The summed E-state index contributed by atoms with van der Waals surface area (Å²) in [5.74, 6) is -1.70. The van der Waals surface area contributed by atoms with E-state index >= 15 is 0 Å². The van der Waals surface area contributed by atoms with Crippen LogP contribution in [-0.4, -0.2) is 94.0 Å². The van der Waals surface area contributed by atoms with Gasteiger partial charge in [0.2, 0.25) is 11.8 Å². The average Bonchev–Trinajstić information content (AvgIpc) is 4.13. The molecule has 9 rings (SSSR count). The quantitative estimate of drug-likeness (QED) is 0.101. The number of likely N-dealkylation sites (tertiary alicyclic amines) is 1. The standard InChI is InChI=1S/C49H49N9O7S2/c1-24-26(3)67-48-39(24)40(52-35(20-38(60)61)43-56-55-27(4)58(43)48)30-14-12-29(13-15-30)32-16-17-37-34(18-32)53-46(65-37)45(63)54-42(49(5,6)7)47(64)57-22-33(59)19-36(57)44(62)50-21-28-8-10-31(11-9-28)41-25(2)51-23-66-41/h8-18,23,33,35-36,42,59H,19-22H2,1-7H3,(H,50,62)(H,54,63)(H,60,61)/t33-,35+,36+,42-/m1/s1. The normalized spacial score (nSPS) is 17.4. The Kier molecular flexibility index (Phi) is 12.0. The molecule has 1 fully saturated rings. The van der Waals surface area contributed by atoms with Crippen molar-refractivity contribution in [1.29, 1.82) is 0 Å². The minimum absolute atomic E-state index is 0.0589. The van der Waals surface area contributed by atoms with Gasteiger partial charge in [-0.2, -0.15) is 0 Å². The topological polar surface area (TPSA) is 218 Å². The van der Waals surface area contributed by atoms with Crippen molar-refractivity contribution in [3.63, 3.8) is 0 Å². The maximum atomic E-state index is 14.3. The summed E-state index contributed by atoms with van der Waals surface area (Å²) in [5, 5.41) is 35.8. The maximum Gasteiger partial charge on any atom is 0.307 e. The van der Waals surface area contributed by atoms with Gasteiger partial charge in [-0.3, -0.25) is 28.7 Å². The lowest BCUT2D eigenvalue weighted by Gasteiger charge is -2.35. The number of carboxylic acids is 1. The van der Waals surface area contributed by atoms with Crippen molar-refractivity contribution in [2.24, 2.45) is 10.4 Å². The van der Waals surface area contributed by atoms with Gasteiger partial charge in [-0.05, 0) is 73.1 Å². The molecule has 6 heterocycles. The molecule has 0 unspecified atom stereocenters. The fraction of sp³-hybridized carbons (Fsp3) is 0.327. The highest BCUT2D eigenvalue weighted by Crippen LogP contribution is 2.40. The number of oxazole rings is 1. The van der Waals surface area contributed by atoms with E-state index in [-0.39, 0.29) is 31.8 Å². The van der Waals surface area contributed by atoms with Crippen LogP contribution in [0.15, 0.2) is 81.7 Å². The van der Waals surface area contributed by atoms with Crippen LogP contribution in [0.3, 0.4) is 0 Å². The predicted octanol–water partition coefficient (Wildman–Crippen LogP) is 7.28. The molecule has 18 heteroatoms. The Labute approximate surface area is 393 Å². The Morgan fingerprint density at radius 1 is 0.925 bits per heavy atom. The number of aliphatic hydroxyl groups excluding tert-OH is 1. The van der Waals surface area contributed by atoms with Gasteiger partial charge in [-0.1, -0.05) is 75.4 Å². The van der Waals surface area contributed by atoms with Crippen molar-refractivity contribution in [1.82, 2.24) is 40.3 Å². The number of nitrogens with zero attached hydrogens (tertiary/aromatic N) is 7. The molecule has 4 N–H and O–H groups in total. The van der Waals surface area contributed by atoms with Crippen LogP contribution in [0.4, 0.5) is 0 Å². The molecule has 3 aromatic carbocycles. The third-order valence-corrected chi connectivity index (χ3v) is 14.5. The van der Waals surface area contributed by atoms with Crippen LogP contribution in [-0.2, 0) is 20.9 Å². The van der Waals surface area contributed by atoms with Crippen molar-refractivity contribution in [3.8, 4) is 26.6 Å². The van der Waals surface area contributed by atoms with E-state index in [0.717, 1.165) is 59.4 Å². The van der Waals surface area contributed by atoms with Crippen LogP contribution in [0.2, 0.25) is 0 Å². The first kappa shape index (κ1) is 45.3. The number of hydrogen-bond donors (Lipinski definition) is 4. The molecule has 2 aliphatic rings. The van der Waals surface area contributed by atoms with E-state index in [9.17, 15) is 29.4 Å². The summed E-state index contributed by atoms with van der Waals surface area (Å²) >= 11 is 3.16. The first-order valence-corrected chi connectivity index (χ1v) is 23.5. The van der Waals surface area contributed by atoms with E-state index in [4.69, 9.17) is 9.41 Å². The molecule has 4 atom stereocenters. The number of amides is 3. The number of carbonyl (C=O) groups excluding carboxylic acids is 3. The Bertz CT molecular complexity index is 3100. The third-order valence-electron chi connectivity index (χ3n) is 12.4. The van der Waals surface area contributed by atoms with Gasteiger partial charge in [0.05, 0.1) is 34.3 Å². The van der Waals surface area contributed by atoms with Gasteiger partial charge in [0, 0.05) is 35.5 Å². The lowest BCUT2D eigenvalue weighted by atomic mass is 9.85. The molecular formula is C49H49N9O7S2. The van der Waals surface area contributed by atoms with Crippen molar-refractivity contribution in [3.05, 3.63) is 123 Å². The molecule has 67 heavy (non-hydrogen) atoms. The fourth-order valence-corrected chi connectivity index (χ4v) is 10.7. The number of aryl methyl sites for hydroxylation is 3. The first-order chi connectivity index (χ1) is 31.9. The molecule has 0 bridgehead atoms. The number of carbonyl (C=O) groups is 4. The van der Waals surface area contributed by atoms with Crippen LogP contribution in [0, 0.1) is 33.1 Å². The summed E-state index contributed by atoms with van der Waals surface area (Å²) < 4.78 is 7.85. The molecule has 0 radical (unpaired) electrons. The summed E-state index contributed by atoms with van der Waals surface area (Å²) in [7, 11) is 0. The van der Waals surface area contributed by atoms with E-state index in [1.807, 2.05) is 114 Å². The number of β-amino-alcohol motifs (C(OH)–C–C–N with tert-alkyl or cyclic N) is 1. The van der Waals surface area contributed by atoms with Crippen LogP contribution >= 0.6 is 22.7 Å². The second-order valence-electron chi connectivity index (χ2n) is 18.1. The summed E-state index contributed by atoms with van der Waals surface area (Å²) in [6, 6.07) is 18.3. The molecule has 0 saturated carbocycles. The van der Waals surface area contributed by atoms with Gasteiger partial charge in [0.15, 0.2) is 11.4 Å². The zero-order valence-electron chi connectivity index (χ0n) is 37.9. The fourth-order valence-electron chi connectivity index (χ4n) is 8.69. The van der Waals surface area contributed by atoms with Crippen LogP contribution in [0.1, 0.15) is 94.8 Å². The molecule has 16 nitrogen and oxygen atoms in total. The lowest BCUT2D eigenvalue weighted by molar-refractivity contribution is -0.142. The predicted molar refractivity (Wildman–Crippen MR) is 254 cm³/mol. The molecule has 0 aliphatic carbocycles. The number of nitrogens with one attached hydrogen (secondary N) is 2. The van der Waals surface area contributed by atoms with E-state index in [0.29, 0.717) is 28.5 Å². The maximum absolute atomic E-state index is 14.3. The number of aliphatic hydroxyl groups is 1. The van der Waals surface area contributed by atoms with E-state index in [2.05, 4.69) is 30.8 Å². The van der Waals surface area contributed by atoms with Crippen LogP contribution < -0.4 is 10.6 Å². The number of carboxylic acid groups (broad SMARTS) is 1. The molecule has 3 amide bonds.